The molecule has 0 amide bonds. The molecule has 3 nitrogen and oxygen atoms in total. The van der Waals surface area contributed by atoms with Gasteiger partial charge in [-0.25, -0.2) is 0 Å². The summed E-state index contributed by atoms with van der Waals surface area (Å²) in [6.07, 6.45) is 0. The molecule has 0 aromatic heterocycles. The summed E-state index contributed by atoms with van der Waals surface area (Å²) in [6.45, 7) is 0. The molecule has 0 unspecified atom stereocenters. The van der Waals surface area contributed by atoms with E-state index in [-0.39, 0.29) is 5.43 Å². The molecule has 1 heterocycles. The van der Waals surface area contributed by atoms with E-state index in [1.807, 2.05) is 36.4 Å². The van der Waals surface area contributed by atoms with Crippen LogP contribution in [0.3, 0.4) is 0 Å². The molecular weight excluding hydrogens is 188 g/mol. The molecule has 0 fully saturated rings. The summed E-state index contributed by atoms with van der Waals surface area (Å²) in [5.41, 5.74) is 2.15. The minimum Gasteiger partial charge on any atom is -0.288 e. The molecule has 3 heteroatoms. The van der Waals surface area contributed by atoms with E-state index in [0.29, 0.717) is 16.6 Å². The van der Waals surface area contributed by atoms with Gasteiger partial charge in [0.2, 0.25) is 0 Å². The number of para-hydroxylation sites is 1. The van der Waals surface area contributed by atoms with E-state index >= 15 is 0 Å². The second kappa shape index (κ2) is 2.92. The van der Waals surface area contributed by atoms with Crippen LogP contribution in [0.2, 0.25) is 0 Å². The fraction of sp³-hybridized carbons (Fsp3) is 0. The molecule has 0 bridgehead atoms. The van der Waals surface area contributed by atoms with Gasteiger partial charge in [0.15, 0.2) is 5.43 Å². The number of hydrogen-bond acceptors (Lipinski definition) is 2. The molecule has 1 aliphatic carbocycles. The van der Waals surface area contributed by atoms with Crippen molar-refractivity contribution in [2.24, 2.45) is 0 Å². The minimum atomic E-state index is 0.0272. The number of aromatic nitrogens is 2. The number of fused-ring (bicyclic) bond motifs is 2. The molecule has 15 heavy (non-hydrogen) atoms. The predicted molar refractivity (Wildman–Crippen MR) is 59.0 cm³/mol. The van der Waals surface area contributed by atoms with E-state index < -0.39 is 0 Å². The lowest BCUT2D eigenvalue weighted by Gasteiger charge is -1.87. The van der Waals surface area contributed by atoms with Crippen molar-refractivity contribution >= 4 is 10.9 Å². The van der Waals surface area contributed by atoms with Crippen molar-refractivity contribution in [2.75, 3.05) is 0 Å². The minimum absolute atomic E-state index is 0.0272. The number of rotatable bonds is 0. The summed E-state index contributed by atoms with van der Waals surface area (Å²) in [5, 5.41) is 7.74. The Morgan fingerprint density at radius 1 is 1.00 bits per heavy atom. The molecule has 1 N–H and O–H groups in total. The third-order valence-electron chi connectivity index (χ3n) is 2.51. The molecule has 0 atom stereocenters. The first-order valence-electron chi connectivity index (χ1n) is 4.72. The van der Waals surface area contributed by atoms with Crippen LogP contribution >= 0.6 is 0 Å². The lowest BCUT2D eigenvalue weighted by Crippen LogP contribution is -1.99. The van der Waals surface area contributed by atoms with Crippen molar-refractivity contribution in [3.05, 3.63) is 52.7 Å². The maximum absolute atomic E-state index is 12.1. The molecule has 1 aromatic carbocycles. The van der Waals surface area contributed by atoms with Crippen LogP contribution in [0.4, 0.5) is 0 Å². The molecule has 1 aromatic rings. The first-order chi connectivity index (χ1) is 7.36. The van der Waals surface area contributed by atoms with Gasteiger partial charge in [-0.1, -0.05) is 18.2 Å². The molecule has 72 valence electrons. The van der Waals surface area contributed by atoms with Crippen molar-refractivity contribution < 1.29 is 0 Å². The third-order valence-corrected chi connectivity index (χ3v) is 2.51. The van der Waals surface area contributed by atoms with Gasteiger partial charge in [-0.3, -0.25) is 9.89 Å². The van der Waals surface area contributed by atoms with Crippen LogP contribution in [0.1, 0.15) is 0 Å². The molecule has 0 saturated heterocycles. The fourth-order valence-corrected chi connectivity index (χ4v) is 1.74. The van der Waals surface area contributed by atoms with E-state index in [0.717, 1.165) is 5.52 Å². The quantitative estimate of drug-likeness (QED) is 0.598. The van der Waals surface area contributed by atoms with E-state index in [1.165, 1.54) is 0 Å². The summed E-state index contributed by atoms with van der Waals surface area (Å²) in [5.74, 6) is 0. The Labute approximate surface area is 85.7 Å². The maximum Gasteiger partial charge on any atom is 0.197 e. The lowest BCUT2D eigenvalue weighted by molar-refractivity contribution is 1.10. The van der Waals surface area contributed by atoms with Crippen LogP contribution in [-0.4, -0.2) is 10.2 Å². The topological polar surface area (TPSA) is 45.8 Å². The van der Waals surface area contributed by atoms with Gasteiger partial charge >= 0.3 is 0 Å². The zero-order chi connectivity index (χ0) is 10.3. The summed E-state index contributed by atoms with van der Waals surface area (Å²) in [6, 6.07) is 12.8. The highest BCUT2D eigenvalue weighted by molar-refractivity contribution is 5.81. The van der Waals surface area contributed by atoms with Crippen molar-refractivity contribution in [3.8, 4) is 11.3 Å². The first-order valence-corrected chi connectivity index (χ1v) is 4.72. The lowest BCUT2D eigenvalue weighted by atomic mass is 10.2. The Morgan fingerprint density at radius 3 is 2.80 bits per heavy atom. The van der Waals surface area contributed by atoms with Gasteiger partial charge in [0.05, 0.1) is 16.8 Å². The number of hydrogen-bond donors (Lipinski definition) is 1. The first kappa shape index (κ1) is 8.17. The molecule has 0 spiro atoms. The van der Waals surface area contributed by atoms with Crippen LogP contribution < -0.4 is 5.43 Å². The second-order valence-corrected chi connectivity index (χ2v) is 3.42. The average molecular weight is 196 g/mol. The highest BCUT2D eigenvalue weighted by Gasteiger charge is 2.08. The number of benzene rings is 1. The standard InChI is InChI=1S/C12H8N2O/c15-12-8-4-1-2-6-10(8)13-14-11-7-3-5-9(11)12/h1-7,13H. The van der Waals surface area contributed by atoms with Crippen LogP contribution in [0.25, 0.3) is 22.2 Å². The fourth-order valence-electron chi connectivity index (χ4n) is 1.74. The van der Waals surface area contributed by atoms with Crippen LogP contribution in [0, 0.1) is 0 Å². The van der Waals surface area contributed by atoms with Gasteiger partial charge in [-0.05, 0) is 24.3 Å². The molecule has 2 aliphatic rings. The van der Waals surface area contributed by atoms with Gasteiger partial charge in [0.25, 0.3) is 0 Å². The molecular formula is C12H8N2O. The Kier molecular flexibility index (Phi) is 1.59. The Bertz CT molecular complexity index is 657. The summed E-state index contributed by atoms with van der Waals surface area (Å²) in [7, 11) is 0. The van der Waals surface area contributed by atoms with E-state index in [1.54, 1.807) is 6.07 Å². The van der Waals surface area contributed by atoms with Crippen LogP contribution in [-0.2, 0) is 0 Å². The highest BCUT2D eigenvalue weighted by atomic mass is 16.1. The van der Waals surface area contributed by atoms with E-state index in [4.69, 9.17) is 0 Å². The van der Waals surface area contributed by atoms with E-state index in [9.17, 15) is 4.79 Å². The van der Waals surface area contributed by atoms with Crippen LogP contribution in [0.15, 0.2) is 47.3 Å². The molecule has 3 rings (SSSR count). The highest BCUT2D eigenvalue weighted by Crippen LogP contribution is 2.16. The predicted octanol–water partition coefficient (Wildman–Crippen LogP) is 2.03. The van der Waals surface area contributed by atoms with Gasteiger partial charge in [-0.2, -0.15) is 5.10 Å². The normalized spacial score (nSPS) is 10.9. The number of aromatic amines is 1. The zero-order valence-electron chi connectivity index (χ0n) is 7.90. The van der Waals surface area contributed by atoms with Gasteiger partial charge in [0.1, 0.15) is 0 Å². The van der Waals surface area contributed by atoms with Crippen molar-refractivity contribution in [3.63, 3.8) is 0 Å². The van der Waals surface area contributed by atoms with Gasteiger partial charge in [-0.15, -0.1) is 0 Å². The Morgan fingerprint density at radius 2 is 1.87 bits per heavy atom. The molecule has 0 saturated carbocycles. The van der Waals surface area contributed by atoms with Gasteiger partial charge < -0.3 is 0 Å². The van der Waals surface area contributed by atoms with E-state index in [2.05, 4.69) is 10.2 Å². The zero-order valence-corrected chi connectivity index (χ0v) is 7.90. The maximum atomic E-state index is 12.1. The summed E-state index contributed by atoms with van der Waals surface area (Å²) in [4.78, 5) is 12.1. The SMILES string of the molecule is O=c1c2cccc-2n[nH]c2ccccc12. The van der Waals surface area contributed by atoms with Crippen molar-refractivity contribution in [1.82, 2.24) is 10.2 Å². The Balaban J connectivity index is 2.62. The molecule has 1 aliphatic heterocycles. The monoisotopic (exact) mass is 196 g/mol. The summed E-state index contributed by atoms with van der Waals surface area (Å²) >= 11 is 0. The average Bonchev–Trinajstić information content (AvgIpc) is 2.69. The van der Waals surface area contributed by atoms with Gasteiger partial charge in [0, 0.05) is 5.39 Å². The number of nitrogens with one attached hydrogen (secondary N) is 1. The smallest absolute Gasteiger partial charge is 0.197 e. The largest absolute Gasteiger partial charge is 0.288 e. The molecule has 0 radical (unpaired) electrons. The third kappa shape index (κ3) is 1.13. The second-order valence-electron chi connectivity index (χ2n) is 3.42. The number of H-pyrrole nitrogens is 1. The number of nitrogens with zero attached hydrogens (tertiary/aromatic N) is 1. The van der Waals surface area contributed by atoms with Crippen LogP contribution in [0.5, 0.6) is 0 Å². The van der Waals surface area contributed by atoms with Crippen molar-refractivity contribution in [2.45, 2.75) is 0 Å². The summed E-state index contributed by atoms with van der Waals surface area (Å²) < 4.78 is 0. The van der Waals surface area contributed by atoms with Crippen molar-refractivity contribution in [1.29, 1.82) is 0 Å². The Hall–Kier alpha value is -2.16.